The number of alkyl halides is 3. The van der Waals surface area contributed by atoms with Gasteiger partial charge in [-0.25, -0.2) is 4.79 Å². The van der Waals surface area contributed by atoms with Gasteiger partial charge in [-0.15, -0.1) is 0 Å². The third-order valence-corrected chi connectivity index (χ3v) is 2.07. The number of hydrogen-bond acceptors (Lipinski definition) is 1. The highest BCUT2D eigenvalue weighted by molar-refractivity contribution is 5.73. The van der Waals surface area contributed by atoms with E-state index in [9.17, 15) is 18.0 Å². The van der Waals surface area contributed by atoms with Crippen LogP contribution in [0.4, 0.5) is 18.0 Å². The molecule has 0 spiro atoms. The summed E-state index contributed by atoms with van der Waals surface area (Å²) in [4.78, 5) is 11.0. The second-order valence-corrected chi connectivity index (χ2v) is 3.41. The van der Waals surface area contributed by atoms with E-state index < -0.39 is 11.7 Å². The van der Waals surface area contributed by atoms with Crippen LogP contribution in [0.3, 0.4) is 0 Å². The van der Waals surface area contributed by atoms with E-state index in [2.05, 4.69) is 10.6 Å². The van der Waals surface area contributed by atoms with Crippen LogP contribution in [0, 0.1) is 0 Å². The van der Waals surface area contributed by atoms with Crippen molar-refractivity contribution in [2.45, 2.75) is 19.6 Å². The van der Waals surface area contributed by atoms with Crippen LogP contribution >= 0.6 is 0 Å². The van der Waals surface area contributed by atoms with Gasteiger partial charge >= 0.3 is 12.2 Å². The van der Waals surface area contributed by atoms with Gasteiger partial charge in [-0.05, 0) is 24.6 Å². The van der Waals surface area contributed by atoms with Crippen molar-refractivity contribution >= 4 is 6.03 Å². The first-order valence-electron chi connectivity index (χ1n) is 5.11. The number of hydrogen-bond donors (Lipinski definition) is 2. The van der Waals surface area contributed by atoms with Crippen LogP contribution in [0.5, 0.6) is 0 Å². The molecule has 0 radical (unpaired) electrons. The van der Waals surface area contributed by atoms with Crippen molar-refractivity contribution < 1.29 is 18.0 Å². The highest BCUT2D eigenvalue weighted by Gasteiger charge is 2.29. The molecule has 0 aliphatic rings. The molecule has 3 nitrogen and oxygen atoms in total. The number of nitrogens with one attached hydrogen (secondary N) is 2. The van der Waals surface area contributed by atoms with Crippen LogP contribution in [0.2, 0.25) is 0 Å². The van der Waals surface area contributed by atoms with Crippen LogP contribution in [0.1, 0.15) is 18.1 Å². The predicted molar refractivity (Wildman–Crippen MR) is 57.4 cm³/mol. The van der Waals surface area contributed by atoms with Crippen LogP contribution < -0.4 is 10.6 Å². The molecule has 0 bridgehead atoms. The Morgan fingerprint density at radius 3 is 2.24 bits per heavy atom. The highest BCUT2D eigenvalue weighted by atomic mass is 19.4. The minimum Gasteiger partial charge on any atom is -0.338 e. The lowest BCUT2D eigenvalue weighted by atomic mass is 10.1. The van der Waals surface area contributed by atoms with Crippen LogP contribution in [0.25, 0.3) is 0 Å². The van der Waals surface area contributed by atoms with E-state index in [-0.39, 0.29) is 12.6 Å². The van der Waals surface area contributed by atoms with E-state index >= 15 is 0 Å². The van der Waals surface area contributed by atoms with Crippen molar-refractivity contribution in [1.82, 2.24) is 10.6 Å². The van der Waals surface area contributed by atoms with Gasteiger partial charge in [0.05, 0.1) is 5.56 Å². The number of rotatable bonds is 3. The van der Waals surface area contributed by atoms with Gasteiger partial charge in [0.1, 0.15) is 0 Å². The monoisotopic (exact) mass is 246 g/mol. The molecule has 0 aliphatic heterocycles. The van der Waals surface area contributed by atoms with Crippen molar-refractivity contribution in [1.29, 1.82) is 0 Å². The molecule has 1 aromatic rings. The van der Waals surface area contributed by atoms with Crippen molar-refractivity contribution in [3.05, 3.63) is 35.4 Å². The Kier molecular flexibility index (Phi) is 4.37. The Morgan fingerprint density at radius 1 is 1.18 bits per heavy atom. The maximum atomic E-state index is 12.3. The summed E-state index contributed by atoms with van der Waals surface area (Å²) in [7, 11) is 0. The summed E-state index contributed by atoms with van der Waals surface area (Å²) in [5, 5.41) is 5.05. The maximum absolute atomic E-state index is 12.3. The van der Waals surface area contributed by atoms with E-state index in [1.807, 2.05) is 0 Å². The molecule has 2 amide bonds. The molecule has 0 aromatic heterocycles. The van der Waals surface area contributed by atoms with E-state index in [0.717, 1.165) is 12.1 Å². The lowest BCUT2D eigenvalue weighted by Gasteiger charge is -2.08. The minimum atomic E-state index is -4.33. The Hall–Kier alpha value is -1.72. The van der Waals surface area contributed by atoms with Gasteiger partial charge in [-0.3, -0.25) is 0 Å². The van der Waals surface area contributed by atoms with Gasteiger partial charge in [0.2, 0.25) is 0 Å². The first-order chi connectivity index (χ1) is 7.93. The topological polar surface area (TPSA) is 41.1 Å². The van der Waals surface area contributed by atoms with Crippen molar-refractivity contribution in [2.75, 3.05) is 6.54 Å². The first-order valence-corrected chi connectivity index (χ1v) is 5.11. The van der Waals surface area contributed by atoms with Crippen molar-refractivity contribution in [3.63, 3.8) is 0 Å². The number of amides is 2. The molecule has 94 valence electrons. The Balaban J connectivity index is 2.54. The number of halogens is 3. The lowest BCUT2D eigenvalue weighted by molar-refractivity contribution is -0.137. The molecule has 0 unspecified atom stereocenters. The molecule has 0 heterocycles. The van der Waals surface area contributed by atoms with Gasteiger partial charge < -0.3 is 10.6 Å². The minimum absolute atomic E-state index is 0.198. The normalized spacial score (nSPS) is 11.1. The van der Waals surface area contributed by atoms with Gasteiger partial charge in [0, 0.05) is 13.1 Å². The summed E-state index contributed by atoms with van der Waals surface area (Å²) in [5.41, 5.74) is -0.0801. The highest BCUT2D eigenvalue weighted by Crippen LogP contribution is 2.28. The molecule has 0 saturated carbocycles. The molecule has 1 rings (SSSR count). The smallest absolute Gasteiger partial charge is 0.338 e. The third kappa shape index (κ3) is 4.34. The maximum Gasteiger partial charge on any atom is 0.416 e. The molecule has 0 aliphatic carbocycles. The quantitative estimate of drug-likeness (QED) is 0.845. The molecule has 1 aromatic carbocycles. The fourth-order valence-corrected chi connectivity index (χ4v) is 1.22. The van der Waals surface area contributed by atoms with Gasteiger partial charge in [-0.2, -0.15) is 13.2 Å². The van der Waals surface area contributed by atoms with E-state index in [0.29, 0.717) is 12.1 Å². The molecule has 17 heavy (non-hydrogen) atoms. The zero-order valence-electron chi connectivity index (χ0n) is 9.27. The summed E-state index contributed by atoms with van der Waals surface area (Å²) in [6.07, 6.45) is -4.33. The number of urea groups is 1. The van der Waals surface area contributed by atoms with Crippen LogP contribution in [-0.4, -0.2) is 12.6 Å². The largest absolute Gasteiger partial charge is 0.416 e. The van der Waals surface area contributed by atoms with Crippen LogP contribution in [-0.2, 0) is 12.7 Å². The second kappa shape index (κ2) is 5.56. The molecule has 0 atom stereocenters. The molecule has 0 saturated heterocycles. The second-order valence-electron chi connectivity index (χ2n) is 3.41. The molecular weight excluding hydrogens is 233 g/mol. The fraction of sp³-hybridized carbons (Fsp3) is 0.364. The average Bonchev–Trinajstić information content (AvgIpc) is 2.26. The number of carbonyl (C=O) groups excluding carboxylic acids is 1. The zero-order chi connectivity index (χ0) is 12.9. The van der Waals surface area contributed by atoms with Crippen LogP contribution in [0.15, 0.2) is 24.3 Å². The van der Waals surface area contributed by atoms with E-state index in [4.69, 9.17) is 0 Å². The summed E-state index contributed by atoms with van der Waals surface area (Å²) in [5.74, 6) is 0. The third-order valence-electron chi connectivity index (χ3n) is 2.07. The zero-order valence-corrected chi connectivity index (χ0v) is 9.27. The van der Waals surface area contributed by atoms with E-state index in [1.54, 1.807) is 6.92 Å². The summed E-state index contributed by atoms with van der Waals surface area (Å²) < 4.78 is 36.8. The standard InChI is InChI=1S/C11H13F3N2O/c1-2-15-10(17)16-7-8-3-5-9(6-4-8)11(12,13)14/h3-6H,2,7H2,1H3,(H2,15,16,17). The molecule has 0 fully saturated rings. The summed E-state index contributed by atoms with van der Waals surface area (Å²) in [6, 6.07) is 4.33. The Morgan fingerprint density at radius 2 is 1.76 bits per heavy atom. The van der Waals surface area contributed by atoms with Crippen molar-refractivity contribution in [2.24, 2.45) is 0 Å². The van der Waals surface area contributed by atoms with Gasteiger partial charge in [0.15, 0.2) is 0 Å². The first kappa shape index (κ1) is 13.3. The Bertz CT molecular complexity index is 373. The summed E-state index contributed by atoms with van der Waals surface area (Å²) in [6.45, 7) is 2.47. The predicted octanol–water partition coefficient (Wildman–Crippen LogP) is 2.52. The van der Waals surface area contributed by atoms with Gasteiger partial charge in [-0.1, -0.05) is 12.1 Å². The molecule has 6 heteroatoms. The van der Waals surface area contributed by atoms with E-state index in [1.165, 1.54) is 12.1 Å². The van der Waals surface area contributed by atoms with Gasteiger partial charge in [0.25, 0.3) is 0 Å². The number of carbonyl (C=O) groups is 1. The summed E-state index contributed by atoms with van der Waals surface area (Å²) >= 11 is 0. The fourth-order valence-electron chi connectivity index (χ4n) is 1.22. The Labute approximate surface area is 97.0 Å². The lowest BCUT2D eigenvalue weighted by Crippen LogP contribution is -2.34. The SMILES string of the molecule is CCNC(=O)NCc1ccc(C(F)(F)F)cc1. The number of benzene rings is 1. The van der Waals surface area contributed by atoms with Crippen molar-refractivity contribution in [3.8, 4) is 0 Å². The molecule has 2 N–H and O–H groups in total. The average molecular weight is 246 g/mol. The molecular formula is C11H13F3N2O.